The number of carbonyl (C=O) groups is 2. The number of anilines is 1. The quantitative estimate of drug-likeness (QED) is 0.301. The summed E-state index contributed by atoms with van der Waals surface area (Å²) >= 11 is 0. The van der Waals surface area contributed by atoms with Gasteiger partial charge in [0.2, 0.25) is 5.91 Å². The van der Waals surface area contributed by atoms with Crippen molar-refractivity contribution in [1.29, 1.82) is 0 Å². The van der Waals surface area contributed by atoms with Crippen molar-refractivity contribution in [2.24, 2.45) is 5.41 Å². The van der Waals surface area contributed by atoms with Gasteiger partial charge in [-0.15, -0.1) is 0 Å². The normalized spacial score (nSPS) is 17.1. The molecule has 4 N–H and O–H groups in total. The fraction of sp³-hybridized carbons (Fsp3) is 0.167. The number of aromatic hydroxyl groups is 1. The molecule has 8 heteroatoms. The van der Waals surface area contributed by atoms with Crippen molar-refractivity contribution in [2.75, 3.05) is 5.32 Å². The molecule has 194 valence electrons. The first kappa shape index (κ1) is 26.3. The zero-order valence-electron chi connectivity index (χ0n) is 21.0. The number of phenols is 1. The first-order valence-corrected chi connectivity index (χ1v) is 12.2. The number of imidazole rings is 1. The number of nitrogens with zero attached hydrogens (tertiary/aromatic N) is 1. The van der Waals surface area contributed by atoms with Crippen molar-refractivity contribution in [3.05, 3.63) is 120 Å². The number of halogens is 1. The molecule has 0 bridgehead atoms. The second-order valence-electron chi connectivity index (χ2n) is 9.22. The second-order valence-corrected chi connectivity index (χ2v) is 9.22. The maximum Gasteiger partial charge on any atom is 0.255 e. The van der Waals surface area contributed by atoms with E-state index in [4.69, 9.17) is 0 Å². The van der Waals surface area contributed by atoms with Gasteiger partial charge in [0, 0.05) is 29.1 Å². The molecule has 1 heterocycles. The Kier molecular flexibility index (Phi) is 8.01. The Morgan fingerprint density at radius 2 is 1.92 bits per heavy atom. The standard InChI is InChI=1S/C30H29FN4O3/c1-3-5-22(32-28(37)20-8-14-24(36)15-9-20)6-4-7-27-34-25-16-18-30(2,19-17-26(25)35-27)29(38)33-23-12-10-21(31)11-13-23/h3-6,8-16,18,36H,1,7,17,19H2,2H3,(H,32,37)(H,33,38)(H,34,35)/b6-4-,22-5+. The highest BCUT2D eigenvalue weighted by atomic mass is 19.1. The number of hydrogen-bond acceptors (Lipinski definition) is 4. The van der Waals surface area contributed by atoms with Crippen molar-refractivity contribution in [1.82, 2.24) is 15.3 Å². The van der Waals surface area contributed by atoms with Crippen LogP contribution >= 0.6 is 0 Å². The van der Waals surface area contributed by atoms with Crippen molar-refractivity contribution in [2.45, 2.75) is 26.2 Å². The number of aromatic nitrogens is 2. The third-order valence-corrected chi connectivity index (χ3v) is 6.28. The fourth-order valence-electron chi connectivity index (χ4n) is 4.01. The smallest absolute Gasteiger partial charge is 0.255 e. The summed E-state index contributed by atoms with van der Waals surface area (Å²) in [6.07, 6.45) is 12.4. The van der Waals surface area contributed by atoms with Crippen molar-refractivity contribution in [3.8, 4) is 5.75 Å². The Morgan fingerprint density at radius 3 is 2.63 bits per heavy atom. The number of carbonyl (C=O) groups excluding carboxylic acids is 2. The van der Waals surface area contributed by atoms with Crippen LogP contribution in [0.15, 0.2) is 91.2 Å². The number of rotatable bonds is 8. The first-order valence-electron chi connectivity index (χ1n) is 12.2. The van der Waals surface area contributed by atoms with Crippen molar-refractivity contribution in [3.63, 3.8) is 0 Å². The Labute approximate surface area is 220 Å². The molecule has 7 nitrogen and oxygen atoms in total. The van der Waals surface area contributed by atoms with Crippen LogP contribution < -0.4 is 10.6 Å². The molecule has 1 atom stereocenters. The number of allylic oxidation sites excluding steroid dienone is 4. The number of hydrogen-bond donors (Lipinski definition) is 4. The van der Waals surface area contributed by atoms with Crippen LogP contribution in [0.4, 0.5) is 10.1 Å². The number of fused-ring (bicyclic) bond motifs is 1. The molecule has 2 amide bonds. The van der Waals surface area contributed by atoms with Crippen molar-refractivity contribution < 1.29 is 19.1 Å². The number of phenolic OH excluding ortho intramolecular Hbond substituents is 1. The largest absolute Gasteiger partial charge is 0.508 e. The molecule has 1 aromatic heterocycles. The molecular weight excluding hydrogens is 483 g/mol. The third-order valence-electron chi connectivity index (χ3n) is 6.28. The van der Waals surface area contributed by atoms with E-state index in [0.717, 1.165) is 17.2 Å². The van der Waals surface area contributed by atoms with E-state index in [1.807, 2.05) is 25.2 Å². The number of nitrogens with one attached hydrogen (secondary N) is 3. The van der Waals surface area contributed by atoms with Crippen LogP contribution in [0.1, 0.15) is 40.9 Å². The van der Waals surface area contributed by atoms with Crippen LogP contribution in [0.2, 0.25) is 0 Å². The maximum absolute atomic E-state index is 13.2. The molecule has 0 saturated carbocycles. The van der Waals surface area contributed by atoms with E-state index in [1.54, 1.807) is 30.4 Å². The minimum Gasteiger partial charge on any atom is -0.508 e. The number of benzene rings is 2. The Balaban J connectivity index is 1.38. The van der Waals surface area contributed by atoms with E-state index >= 15 is 0 Å². The zero-order chi connectivity index (χ0) is 27.1. The van der Waals surface area contributed by atoms with Gasteiger partial charge in [-0.2, -0.15) is 0 Å². The molecule has 0 fully saturated rings. The Bertz CT molecular complexity index is 1420. The van der Waals surface area contributed by atoms with Gasteiger partial charge in [-0.3, -0.25) is 9.59 Å². The third kappa shape index (κ3) is 6.53. The molecular formula is C30H29FN4O3. The summed E-state index contributed by atoms with van der Waals surface area (Å²) < 4.78 is 13.2. The van der Waals surface area contributed by atoms with Gasteiger partial charge < -0.3 is 20.7 Å². The lowest BCUT2D eigenvalue weighted by Crippen LogP contribution is -2.32. The molecule has 0 spiro atoms. The first-order chi connectivity index (χ1) is 18.3. The molecule has 0 radical (unpaired) electrons. The lowest BCUT2D eigenvalue weighted by Gasteiger charge is -2.23. The summed E-state index contributed by atoms with van der Waals surface area (Å²) in [6, 6.07) is 11.7. The van der Waals surface area contributed by atoms with E-state index in [1.165, 1.54) is 36.4 Å². The van der Waals surface area contributed by atoms with Gasteiger partial charge in [0.25, 0.3) is 5.91 Å². The fourth-order valence-corrected chi connectivity index (χ4v) is 4.01. The number of amides is 2. The molecule has 1 aliphatic rings. The highest BCUT2D eigenvalue weighted by Crippen LogP contribution is 2.32. The minimum absolute atomic E-state index is 0.0906. The van der Waals surface area contributed by atoms with E-state index in [9.17, 15) is 19.1 Å². The summed E-state index contributed by atoms with van der Waals surface area (Å²) in [4.78, 5) is 33.5. The highest BCUT2D eigenvalue weighted by Gasteiger charge is 2.32. The van der Waals surface area contributed by atoms with Gasteiger partial charge in [-0.1, -0.05) is 24.8 Å². The van der Waals surface area contributed by atoms with Crippen LogP contribution in [0.3, 0.4) is 0 Å². The van der Waals surface area contributed by atoms with Crippen LogP contribution in [-0.2, 0) is 17.6 Å². The molecule has 0 aliphatic heterocycles. The average molecular weight is 513 g/mol. The predicted octanol–water partition coefficient (Wildman–Crippen LogP) is 5.46. The monoisotopic (exact) mass is 512 g/mol. The van der Waals surface area contributed by atoms with Gasteiger partial charge >= 0.3 is 0 Å². The van der Waals surface area contributed by atoms with Gasteiger partial charge in [0.15, 0.2) is 0 Å². The number of H-pyrrole nitrogens is 1. The summed E-state index contributed by atoms with van der Waals surface area (Å²) in [6.45, 7) is 5.57. The second kappa shape index (κ2) is 11.6. The molecule has 3 aromatic rings. The average Bonchev–Trinajstić information content (AvgIpc) is 3.22. The van der Waals surface area contributed by atoms with E-state index in [2.05, 4.69) is 27.2 Å². The molecule has 4 rings (SSSR count). The summed E-state index contributed by atoms with van der Waals surface area (Å²) in [5, 5.41) is 15.1. The molecule has 1 aliphatic carbocycles. The van der Waals surface area contributed by atoms with Gasteiger partial charge in [-0.25, -0.2) is 9.37 Å². The van der Waals surface area contributed by atoms with Gasteiger partial charge in [0.1, 0.15) is 17.4 Å². The molecule has 1 unspecified atom stereocenters. The molecule has 38 heavy (non-hydrogen) atoms. The van der Waals surface area contributed by atoms with E-state index in [0.29, 0.717) is 36.2 Å². The minimum atomic E-state index is -0.740. The van der Waals surface area contributed by atoms with E-state index < -0.39 is 5.41 Å². The number of aromatic amines is 1. The Morgan fingerprint density at radius 1 is 1.18 bits per heavy atom. The highest BCUT2D eigenvalue weighted by molar-refractivity contribution is 5.97. The van der Waals surface area contributed by atoms with Gasteiger partial charge in [-0.05, 0) is 86.5 Å². The Hall–Kier alpha value is -4.72. The lowest BCUT2D eigenvalue weighted by molar-refractivity contribution is -0.122. The lowest BCUT2D eigenvalue weighted by atomic mass is 9.84. The van der Waals surface area contributed by atoms with Gasteiger partial charge in [0.05, 0.1) is 11.1 Å². The molecule has 0 saturated heterocycles. The summed E-state index contributed by atoms with van der Waals surface area (Å²) in [5.41, 5.74) is 2.53. The van der Waals surface area contributed by atoms with Crippen LogP contribution in [0.25, 0.3) is 6.08 Å². The SMILES string of the molecule is C=C/C=C(\C=C/Cc1nc2c([nH]1)CCC(C)(C(=O)Nc1ccc(F)cc1)C=C2)NC(=O)c1ccc(O)cc1. The molecule has 2 aromatic carbocycles. The summed E-state index contributed by atoms with van der Waals surface area (Å²) in [7, 11) is 0. The van der Waals surface area contributed by atoms with Crippen molar-refractivity contribution >= 4 is 23.6 Å². The number of aryl methyl sites for hydroxylation is 1. The zero-order valence-corrected chi connectivity index (χ0v) is 21.0. The van der Waals surface area contributed by atoms with Crippen LogP contribution in [0, 0.1) is 11.2 Å². The van der Waals surface area contributed by atoms with E-state index in [-0.39, 0.29) is 23.4 Å². The predicted molar refractivity (Wildman–Crippen MR) is 146 cm³/mol. The van der Waals surface area contributed by atoms with Crippen LogP contribution in [0.5, 0.6) is 5.75 Å². The maximum atomic E-state index is 13.2. The van der Waals surface area contributed by atoms with Crippen LogP contribution in [-0.4, -0.2) is 26.9 Å². The topological polar surface area (TPSA) is 107 Å². The summed E-state index contributed by atoms with van der Waals surface area (Å²) in [5.74, 6) is 0.0326.